The van der Waals surface area contributed by atoms with Gasteiger partial charge >= 0.3 is 0 Å². The van der Waals surface area contributed by atoms with Gasteiger partial charge in [0.1, 0.15) is 6.10 Å². The lowest BCUT2D eigenvalue weighted by molar-refractivity contribution is 0.206. The first kappa shape index (κ1) is 12.5. The summed E-state index contributed by atoms with van der Waals surface area (Å²) in [5, 5.41) is 11.2. The van der Waals surface area contributed by atoms with Crippen LogP contribution in [0, 0.1) is 0 Å². The third-order valence-electron chi connectivity index (χ3n) is 3.61. The average molecular weight is 271 g/mol. The van der Waals surface area contributed by atoms with E-state index in [9.17, 15) is 5.11 Å². The molecule has 0 radical (unpaired) electrons. The molecule has 1 unspecified atom stereocenters. The maximum Gasteiger partial charge on any atom is 0.101 e. The molecule has 2 aromatic rings. The number of hydrogen-bond acceptors (Lipinski definition) is 1. The number of halogens is 1. The van der Waals surface area contributed by atoms with E-state index in [1.165, 1.54) is 5.56 Å². The number of aliphatic hydroxyl groups is 1. The van der Waals surface area contributed by atoms with Crippen LogP contribution >= 0.6 is 11.6 Å². The van der Waals surface area contributed by atoms with Gasteiger partial charge in [-0.2, -0.15) is 0 Å². The normalized spacial score (nSPS) is 20.3. The summed E-state index contributed by atoms with van der Waals surface area (Å²) in [5.41, 5.74) is 4.44. The van der Waals surface area contributed by atoms with Gasteiger partial charge in [-0.3, -0.25) is 0 Å². The van der Waals surface area contributed by atoms with Crippen molar-refractivity contribution in [3.8, 4) is 0 Å². The molecule has 1 atom stereocenters. The van der Waals surface area contributed by atoms with E-state index in [0.717, 1.165) is 34.6 Å². The molecular formula is C17H15ClO. The monoisotopic (exact) mass is 270 g/mol. The van der Waals surface area contributed by atoms with Gasteiger partial charge in [-0.1, -0.05) is 54.1 Å². The molecule has 96 valence electrons. The molecule has 0 aromatic heterocycles. The smallest absolute Gasteiger partial charge is 0.101 e. The lowest BCUT2D eigenvalue weighted by Crippen LogP contribution is -2.11. The highest BCUT2D eigenvalue weighted by Crippen LogP contribution is 2.34. The second kappa shape index (κ2) is 5.20. The molecule has 2 aromatic carbocycles. The van der Waals surface area contributed by atoms with Crippen molar-refractivity contribution in [3.63, 3.8) is 0 Å². The van der Waals surface area contributed by atoms with Gasteiger partial charge < -0.3 is 5.11 Å². The Balaban J connectivity index is 1.93. The van der Waals surface area contributed by atoms with Crippen molar-refractivity contribution in [2.45, 2.75) is 18.9 Å². The summed E-state index contributed by atoms with van der Waals surface area (Å²) in [5.74, 6) is 0. The number of fused-ring (bicyclic) bond motifs is 1. The highest BCUT2D eigenvalue weighted by Gasteiger charge is 2.21. The molecule has 0 amide bonds. The predicted molar refractivity (Wildman–Crippen MR) is 79.2 cm³/mol. The van der Waals surface area contributed by atoms with Crippen molar-refractivity contribution in [2.24, 2.45) is 0 Å². The molecule has 1 aliphatic carbocycles. The largest absolute Gasteiger partial charge is 0.384 e. The van der Waals surface area contributed by atoms with E-state index in [-0.39, 0.29) is 0 Å². The van der Waals surface area contributed by atoms with Crippen molar-refractivity contribution in [1.82, 2.24) is 0 Å². The second-order valence-electron chi connectivity index (χ2n) is 4.87. The van der Waals surface area contributed by atoms with Crippen LogP contribution in [-0.4, -0.2) is 5.11 Å². The zero-order valence-electron chi connectivity index (χ0n) is 10.5. The van der Waals surface area contributed by atoms with E-state index in [1.54, 1.807) is 0 Å². The number of rotatable bonds is 1. The highest BCUT2D eigenvalue weighted by atomic mass is 35.5. The molecule has 1 aliphatic rings. The molecule has 1 N–H and O–H groups in total. The fourth-order valence-corrected chi connectivity index (χ4v) is 2.69. The zero-order chi connectivity index (χ0) is 13.2. The molecule has 0 fully saturated rings. The van der Waals surface area contributed by atoms with Gasteiger partial charge in [0.2, 0.25) is 0 Å². The maximum atomic E-state index is 10.4. The Bertz CT molecular complexity index is 613. The lowest BCUT2D eigenvalue weighted by atomic mass is 9.85. The summed E-state index contributed by atoms with van der Waals surface area (Å²) < 4.78 is 0. The van der Waals surface area contributed by atoms with E-state index < -0.39 is 6.10 Å². The quantitative estimate of drug-likeness (QED) is 0.814. The number of aryl methyl sites for hydroxylation is 1. The van der Waals surface area contributed by atoms with Crippen LogP contribution in [0.1, 0.15) is 29.2 Å². The van der Waals surface area contributed by atoms with E-state index in [0.29, 0.717) is 0 Å². The van der Waals surface area contributed by atoms with Crippen molar-refractivity contribution in [1.29, 1.82) is 0 Å². The van der Waals surface area contributed by atoms with Crippen molar-refractivity contribution in [2.75, 3.05) is 0 Å². The molecule has 3 rings (SSSR count). The number of hydrogen-bond donors (Lipinski definition) is 1. The summed E-state index contributed by atoms with van der Waals surface area (Å²) in [6.07, 6.45) is 3.48. The van der Waals surface area contributed by atoms with Crippen LogP contribution in [0.25, 0.3) is 6.08 Å². The zero-order valence-corrected chi connectivity index (χ0v) is 11.3. The summed E-state index contributed by atoms with van der Waals surface area (Å²) in [4.78, 5) is 0. The number of aliphatic hydroxyl groups excluding tert-OH is 1. The van der Waals surface area contributed by atoms with Gasteiger partial charge in [0, 0.05) is 5.02 Å². The van der Waals surface area contributed by atoms with Gasteiger partial charge in [0.15, 0.2) is 0 Å². The standard InChI is InChI=1S/C17H15ClO/c18-15-9-5-12(6-10-15)11-14-8-7-13-3-1-2-4-16(13)17(14)19/h1-6,9-11,17,19H,7-8H2/b14-11+. The Morgan fingerprint density at radius 2 is 1.74 bits per heavy atom. The summed E-state index contributed by atoms with van der Waals surface area (Å²) in [6.45, 7) is 0. The topological polar surface area (TPSA) is 20.2 Å². The summed E-state index contributed by atoms with van der Waals surface area (Å²) in [7, 11) is 0. The van der Waals surface area contributed by atoms with Crippen molar-refractivity contribution >= 4 is 17.7 Å². The van der Waals surface area contributed by atoms with Crippen LogP contribution in [0.15, 0.2) is 54.1 Å². The predicted octanol–water partition coefficient (Wildman–Crippen LogP) is 4.40. The Morgan fingerprint density at radius 3 is 2.53 bits per heavy atom. The third-order valence-corrected chi connectivity index (χ3v) is 3.86. The van der Waals surface area contributed by atoms with Crippen LogP contribution in [0.5, 0.6) is 0 Å². The average Bonchev–Trinajstić information content (AvgIpc) is 2.45. The van der Waals surface area contributed by atoms with Gasteiger partial charge in [-0.15, -0.1) is 0 Å². The Labute approximate surface area is 118 Å². The Morgan fingerprint density at radius 1 is 1.00 bits per heavy atom. The molecule has 2 heteroatoms. The minimum atomic E-state index is -0.486. The maximum absolute atomic E-state index is 10.4. The second-order valence-corrected chi connectivity index (χ2v) is 5.31. The van der Waals surface area contributed by atoms with Crippen LogP contribution in [0.4, 0.5) is 0 Å². The van der Waals surface area contributed by atoms with E-state index in [2.05, 4.69) is 12.1 Å². The van der Waals surface area contributed by atoms with Crippen molar-refractivity contribution in [3.05, 3.63) is 75.8 Å². The van der Waals surface area contributed by atoms with Gasteiger partial charge in [0.25, 0.3) is 0 Å². The molecule has 0 saturated heterocycles. The van der Waals surface area contributed by atoms with Crippen LogP contribution in [0.3, 0.4) is 0 Å². The van der Waals surface area contributed by atoms with Crippen molar-refractivity contribution < 1.29 is 5.11 Å². The SMILES string of the molecule is OC1/C(=C/c2ccc(Cl)cc2)CCc2ccccc21. The van der Waals surface area contributed by atoms with E-state index in [1.807, 2.05) is 42.5 Å². The highest BCUT2D eigenvalue weighted by molar-refractivity contribution is 6.30. The first-order chi connectivity index (χ1) is 9.24. The Kier molecular flexibility index (Phi) is 3.41. The first-order valence-electron chi connectivity index (χ1n) is 6.46. The summed E-state index contributed by atoms with van der Waals surface area (Å²) in [6, 6.07) is 15.8. The molecule has 1 nitrogen and oxygen atoms in total. The molecular weight excluding hydrogens is 256 g/mol. The summed E-state index contributed by atoms with van der Waals surface area (Å²) >= 11 is 5.88. The van der Waals surface area contributed by atoms with Gasteiger partial charge in [-0.25, -0.2) is 0 Å². The molecule has 19 heavy (non-hydrogen) atoms. The Hall–Kier alpha value is -1.57. The minimum Gasteiger partial charge on any atom is -0.384 e. The van der Waals surface area contributed by atoms with Crippen LogP contribution in [0.2, 0.25) is 5.02 Å². The lowest BCUT2D eigenvalue weighted by Gasteiger charge is -2.24. The first-order valence-corrected chi connectivity index (χ1v) is 6.84. The fraction of sp³-hybridized carbons (Fsp3) is 0.176. The minimum absolute atomic E-state index is 0.486. The third kappa shape index (κ3) is 2.58. The molecule has 0 heterocycles. The van der Waals surface area contributed by atoms with Gasteiger partial charge in [-0.05, 0) is 47.2 Å². The number of benzene rings is 2. The molecule has 0 saturated carbocycles. The van der Waals surface area contributed by atoms with E-state index >= 15 is 0 Å². The van der Waals surface area contributed by atoms with Crippen LogP contribution < -0.4 is 0 Å². The molecule has 0 aliphatic heterocycles. The molecule has 0 bridgehead atoms. The van der Waals surface area contributed by atoms with E-state index in [4.69, 9.17) is 11.6 Å². The fourth-order valence-electron chi connectivity index (χ4n) is 2.57. The molecule has 0 spiro atoms. The van der Waals surface area contributed by atoms with Gasteiger partial charge in [0.05, 0.1) is 0 Å². The van der Waals surface area contributed by atoms with Crippen LogP contribution in [-0.2, 0) is 6.42 Å².